The van der Waals surface area contributed by atoms with Gasteiger partial charge in [0.15, 0.2) is 5.11 Å². The van der Waals surface area contributed by atoms with Crippen LogP contribution in [0.15, 0.2) is 16.9 Å². The normalized spacial score (nSPS) is 10.6. The van der Waals surface area contributed by atoms with Crippen molar-refractivity contribution < 1.29 is 4.52 Å². The molecule has 18 heavy (non-hydrogen) atoms. The fourth-order valence-corrected chi connectivity index (χ4v) is 2.13. The summed E-state index contributed by atoms with van der Waals surface area (Å²) in [5.74, 6) is 1.86. The Morgan fingerprint density at radius 2 is 2.22 bits per heavy atom. The molecule has 0 radical (unpaired) electrons. The summed E-state index contributed by atoms with van der Waals surface area (Å²) in [5.41, 5.74) is 0.978. The van der Waals surface area contributed by atoms with Gasteiger partial charge < -0.3 is 20.1 Å². The molecule has 0 aliphatic carbocycles. The van der Waals surface area contributed by atoms with Gasteiger partial charge in [0.1, 0.15) is 6.26 Å². The zero-order valence-electron chi connectivity index (χ0n) is 10.8. The SMILES string of the molecule is CN(C)CCNC(=S)NCCSCc1ccon1. The first-order chi connectivity index (χ1) is 8.68. The molecular weight excluding hydrogens is 268 g/mol. The molecule has 0 bridgehead atoms. The van der Waals surface area contributed by atoms with E-state index in [1.807, 2.05) is 20.2 Å². The van der Waals surface area contributed by atoms with Gasteiger partial charge >= 0.3 is 0 Å². The van der Waals surface area contributed by atoms with Gasteiger partial charge in [-0.25, -0.2) is 0 Å². The molecule has 0 aliphatic rings. The maximum absolute atomic E-state index is 5.16. The lowest BCUT2D eigenvalue weighted by Crippen LogP contribution is -2.39. The van der Waals surface area contributed by atoms with E-state index in [1.54, 1.807) is 18.0 Å². The van der Waals surface area contributed by atoms with Crippen LogP contribution < -0.4 is 10.6 Å². The molecule has 0 saturated heterocycles. The van der Waals surface area contributed by atoms with Gasteiger partial charge in [-0.1, -0.05) is 5.16 Å². The van der Waals surface area contributed by atoms with Gasteiger partial charge in [0.2, 0.25) is 0 Å². The molecule has 2 N–H and O–H groups in total. The summed E-state index contributed by atoms with van der Waals surface area (Å²) in [6, 6.07) is 1.88. The number of likely N-dealkylation sites (N-methyl/N-ethyl adjacent to an activating group) is 1. The lowest BCUT2D eigenvalue weighted by molar-refractivity contribution is 0.412. The summed E-state index contributed by atoms with van der Waals surface area (Å²) in [6.45, 7) is 2.70. The second kappa shape index (κ2) is 9.18. The molecule has 0 spiro atoms. The van der Waals surface area contributed by atoms with Gasteiger partial charge in [-0.3, -0.25) is 0 Å². The van der Waals surface area contributed by atoms with E-state index in [-0.39, 0.29) is 0 Å². The van der Waals surface area contributed by atoms with Crippen LogP contribution in [-0.4, -0.2) is 54.7 Å². The van der Waals surface area contributed by atoms with E-state index in [4.69, 9.17) is 16.7 Å². The lowest BCUT2D eigenvalue weighted by atomic mass is 10.5. The van der Waals surface area contributed by atoms with E-state index in [2.05, 4.69) is 20.7 Å². The van der Waals surface area contributed by atoms with Gasteiger partial charge in [-0.05, 0) is 26.3 Å². The minimum atomic E-state index is 0.721. The van der Waals surface area contributed by atoms with Crippen molar-refractivity contribution >= 4 is 29.1 Å². The Balaban J connectivity index is 1.92. The summed E-state index contributed by atoms with van der Waals surface area (Å²) in [4.78, 5) is 2.11. The van der Waals surface area contributed by atoms with Gasteiger partial charge in [0.05, 0.1) is 5.69 Å². The molecule has 1 heterocycles. The third-order valence-electron chi connectivity index (χ3n) is 2.12. The van der Waals surface area contributed by atoms with Crippen LogP contribution in [0.1, 0.15) is 5.69 Å². The van der Waals surface area contributed by atoms with E-state index in [0.717, 1.165) is 41.9 Å². The van der Waals surface area contributed by atoms with Crippen molar-refractivity contribution in [2.45, 2.75) is 5.75 Å². The smallest absolute Gasteiger partial charge is 0.166 e. The Labute approximate surface area is 118 Å². The monoisotopic (exact) mass is 288 g/mol. The Kier molecular flexibility index (Phi) is 7.79. The number of hydrogen-bond acceptors (Lipinski definition) is 5. The van der Waals surface area contributed by atoms with Gasteiger partial charge in [0, 0.05) is 37.2 Å². The largest absolute Gasteiger partial charge is 0.364 e. The number of rotatable bonds is 8. The highest BCUT2D eigenvalue weighted by atomic mass is 32.2. The van der Waals surface area contributed by atoms with Crippen molar-refractivity contribution in [3.63, 3.8) is 0 Å². The zero-order valence-corrected chi connectivity index (χ0v) is 12.4. The molecule has 0 amide bonds. The number of hydrogen-bond donors (Lipinski definition) is 2. The van der Waals surface area contributed by atoms with Crippen molar-refractivity contribution in [1.29, 1.82) is 0 Å². The van der Waals surface area contributed by atoms with E-state index < -0.39 is 0 Å². The number of thioether (sulfide) groups is 1. The highest BCUT2D eigenvalue weighted by Gasteiger charge is 1.98. The Bertz CT molecular complexity index is 330. The highest BCUT2D eigenvalue weighted by molar-refractivity contribution is 7.98. The zero-order chi connectivity index (χ0) is 13.2. The van der Waals surface area contributed by atoms with Crippen molar-refractivity contribution in [3.8, 4) is 0 Å². The van der Waals surface area contributed by atoms with Crippen molar-refractivity contribution in [2.75, 3.05) is 39.5 Å². The predicted octanol–water partition coefficient (Wildman–Crippen LogP) is 0.933. The molecule has 0 fully saturated rings. The topological polar surface area (TPSA) is 53.3 Å². The van der Waals surface area contributed by atoms with Crippen molar-refractivity contribution in [2.24, 2.45) is 0 Å². The first-order valence-electron chi connectivity index (χ1n) is 5.82. The number of aromatic nitrogens is 1. The third-order valence-corrected chi connectivity index (χ3v) is 3.40. The van der Waals surface area contributed by atoms with Gasteiger partial charge in [0.25, 0.3) is 0 Å². The molecule has 0 aliphatic heterocycles. The minimum absolute atomic E-state index is 0.721. The molecule has 1 aromatic heterocycles. The Morgan fingerprint density at radius 3 is 2.89 bits per heavy atom. The average molecular weight is 288 g/mol. The molecule has 1 rings (SSSR count). The summed E-state index contributed by atoms with van der Waals surface area (Å²) in [6.07, 6.45) is 1.60. The lowest BCUT2D eigenvalue weighted by Gasteiger charge is -2.13. The number of nitrogens with zero attached hydrogens (tertiary/aromatic N) is 2. The molecule has 1 aromatic rings. The Hall–Kier alpha value is -0.790. The fourth-order valence-electron chi connectivity index (χ4n) is 1.18. The number of thiocarbonyl (C=S) groups is 1. The fraction of sp³-hybridized carbons (Fsp3) is 0.636. The number of nitrogens with one attached hydrogen (secondary N) is 2. The quantitative estimate of drug-likeness (QED) is 0.545. The second-order valence-electron chi connectivity index (χ2n) is 4.03. The molecule has 0 saturated carbocycles. The first-order valence-corrected chi connectivity index (χ1v) is 7.38. The van der Waals surface area contributed by atoms with E-state index in [0.29, 0.717) is 0 Å². The van der Waals surface area contributed by atoms with Gasteiger partial charge in [-0.2, -0.15) is 11.8 Å². The van der Waals surface area contributed by atoms with E-state index in [1.165, 1.54) is 0 Å². The van der Waals surface area contributed by atoms with Crippen LogP contribution in [0.4, 0.5) is 0 Å². The molecule has 0 aromatic carbocycles. The molecule has 102 valence electrons. The maximum atomic E-state index is 5.16. The van der Waals surface area contributed by atoms with Crippen LogP contribution in [0, 0.1) is 0 Å². The highest BCUT2D eigenvalue weighted by Crippen LogP contribution is 2.08. The first kappa shape index (κ1) is 15.3. The van der Waals surface area contributed by atoms with E-state index in [9.17, 15) is 0 Å². The maximum Gasteiger partial charge on any atom is 0.166 e. The summed E-state index contributed by atoms with van der Waals surface area (Å²) < 4.78 is 4.76. The molecule has 7 heteroatoms. The summed E-state index contributed by atoms with van der Waals surface area (Å²) >= 11 is 6.96. The molecule has 0 unspecified atom stereocenters. The Morgan fingerprint density at radius 1 is 1.44 bits per heavy atom. The standard InChI is InChI=1S/C11H20N4OS2/c1-15(2)6-4-12-11(17)13-5-8-18-9-10-3-7-16-14-10/h3,7H,4-6,8-9H2,1-2H3,(H2,12,13,17). The molecule has 5 nitrogen and oxygen atoms in total. The van der Waals surface area contributed by atoms with Crippen molar-refractivity contribution in [3.05, 3.63) is 18.0 Å². The summed E-state index contributed by atoms with van der Waals surface area (Å²) in [7, 11) is 4.08. The van der Waals surface area contributed by atoms with Gasteiger partial charge in [-0.15, -0.1) is 0 Å². The van der Waals surface area contributed by atoms with Crippen LogP contribution in [0.3, 0.4) is 0 Å². The van der Waals surface area contributed by atoms with Crippen LogP contribution in [0.5, 0.6) is 0 Å². The van der Waals surface area contributed by atoms with Crippen LogP contribution in [-0.2, 0) is 5.75 Å². The third kappa shape index (κ3) is 7.52. The second-order valence-corrected chi connectivity index (χ2v) is 5.54. The minimum Gasteiger partial charge on any atom is -0.364 e. The van der Waals surface area contributed by atoms with E-state index >= 15 is 0 Å². The average Bonchev–Trinajstić information content (AvgIpc) is 2.81. The predicted molar refractivity (Wildman–Crippen MR) is 79.8 cm³/mol. The summed E-state index contributed by atoms with van der Waals surface area (Å²) in [5, 5.41) is 10.9. The van der Waals surface area contributed by atoms with Crippen LogP contribution >= 0.6 is 24.0 Å². The molecule has 0 atom stereocenters. The molecular formula is C11H20N4OS2. The van der Waals surface area contributed by atoms with Crippen LogP contribution in [0.2, 0.25) is 0 Å². The van der Waals surface area contributed by atoms with Crippen molar-refractivity contribution in [1.82, 2.24) is 20.7 Å². The van der Waals surface area contributed by atoms with Crippen LogP contribution in [0.25, 0.3) is 0 Å².